The van der Waals surface area contributed by atoms with Crippen molar-refractivity contribution in [3.05, 3.63) is 18.5 Å². The summed E-state index contributed by atoms with van der Waals surface area (Å²) in [7, 11) is 3.79. The predicted octanol–water partition coefficient (Wildman–Crippen LogP) is 0.940. The van der Waals surface area contributed by atoms with Crippen molar-refractivity contribution in [2.45, 2.75) is 13.0 Å². The first-order valence-electron chi connectivity index (χ1n) is 4.65. The first-order valence-corrected chi connectivity index (χ1v) is 4.65. The van der Waals surface area contributed by atoms with Crippen LogP contribution >= 0.6 is 0 Å². The molecule has 0 spiro atoms. The van der Waals surface area contributed by atoms with Crippen molar-refractivity contribution in [3.63, 3.8) is 0 Å². The third kappa shape index (κ3) is 2.88. The maximum atomic E-state index is 9.23. The van der Waals surface area contributed by atoms with Gasteiger partial charge in [-0.15, -0.1) is 0 Å². The number of nitrogens with zero attached hydrogens (tertiary/aromatic N) is 2. The maximum Gasteiger partial charge on any atom is 0.0686 e. The number of pyridine rings is 1. The molecule has 0 aliphatic carbocycles. The Balaban J connectivity index is 2.73. The monoisotopic (exact) mass is 195 g/mol. The minimum atomic E-state index is -0.335. The summed E-state index contributed by atoms with van der Waals surface area (Å²) in [6, 6.07) is 2.00. The zero-order chi connectivity index (χ0) is 10.6. The normalized spacial score (nSPS) is 12.3. The molecule has 0 saturated carbocycles. The summed E-state index contributed by atoms with van der Waals surface area (Å²) >= 11 is 0. The Morgan fingerprint density at radius 3 is 2.86 bits per heavy atom. The fourth-order valence-electron chi connectivity index (χ4n) is 1.28. The molecular formula is C10H17N3O. The van der Waals surface area contributed by atoms with Crippen LogP contribution in [0, 0.1) is 0 Å². The van der Waals surface area contributed by atoms with E-state index in [1.54, 1.807) is 19.3 Å². The van der Waals surface area contributed by atoms with E-state index >= 15 is 0 Å². The first-order chi connectivity index (χ1) is 6.63. The van der Waals surface area contributed by atoms with Crippen LogP contribution in [0.15, 0.2) is 18.5 Å². The van der Waals surface area contributed by atoms with Crippen molar-refractivity contribution in [2.24, 2.45) is 0 Å². The Labute approximate surface area is 84.6 Å². The SMILES string of the molecule is CNc1cncc(N(C)CC(C)O)c1. The molecule has 1 unspecified atom stereocenters. The zero-order valence-electron chi connectivity index (χ0n) is 8.86. The highest BCUT2D eigenvalue weighted by Crippen LogP contribution is 2.15. The van der Waals surface area contributed by atoms with Crippen LogP contribution < -0.4 is 10.2 Å². The van der Waals surface area contributed by atoms with E-state index < -0.39 is 0 Å². The number of anilines is 2. The van der Waals surface area contributed by atoms with E-state index in [0.29, 0.717) is 6.54 Å². The molecule has 78 valence electrons. The summed E-state index contributed by atoms with van der Waals surface area (Å²) in [5.41, 5.74) is 1.97. The molecule has 0 aromatic carbocycles. The second kappa shape index (κ2) is 4.81. The quantitative estimate of drug-likeness (QED) is 0.750. The summed E-state index contributed by atoms with van der Waals surface area (Å²) in [6.45, 7) is 2.38. The lowest BCUT2D eigenvalue weighted by atomic mass is 10.3. The van der Waals surface area contributed by atoms with E-state index in [0.717, 1.165) is 11.4 Å². The van der Waals surface area contributed by atoms with Gasteiger partial charge in [0.1, 0.15) is 0 Å². The molecule has 1 rings (SSSR count). The van der Waals surface area contributed by atoms with E-state index in [9.17, 15) is 5.11 Å². The Morgan fingerprint density at radius 1 is 1.57 bits per heavy atom. The summed E-state index contributed by atoms with van der Waals surface area (Å²) in [4.78, 5) is 6.07. The highest BCUT2D eigenvalue weighted by molar-refractivity contribution is 5.54. The predicted molar refractivity (Wildman–Crippen MR) is 58.7 cm³/mol. The molecular weight excluding hydrogens is 178 g/mol. The van der Waals surface area contributed by atoms with Crippen LogP contribution in [0.3, 0.4) is 0 Å². The molecule has 0 saturated heterocycles. The fraction of sp³-hybridized carbons (Fsp3) is 0.500. The number of nitrogens with one attached hydrogen (secondary N) is 1. The molecule has 4 nitrogen and oxygen atoms in total. The zero-order valence-corrected chi connectivity index (χ0v) is 8.86. The lowest BCUT2D eigenvalue weighted by Crippen LogP contribution is -2.26. The molecule has 0 fully saturated rings. The molecule has 0 aliphatic heterocycles. The average molecular weight is 195 g/mol. The minimum absolute atomic E-state index is 0.335. The topological polar surface area (TPSA) is 48.4 Å². The van der Waals surface area contributed by atoms with Crippen molar-refractivity contribution < 1.29 is 5.11 Å². The van der Waals surface area contributed by atoms with Gasteiger partial charge in [0.25, 0.3) is 0 Å². The second-order valence-corrected chi connectivity index (χ2v) is 3.41. The number of aliphatic hydroxyl groups excluding tert-OH is 1. The molecule has 4 heteroatoms. The lowest BCUT2D eigenvalue weighted by Gasteiger charge is -2.20. The maximum absolute atomic E-state index is 9.23. The molecule has 0 bridgehead atoms. The van der Waals surface area contributed by atoms with Crippen LogP contribution in [0.4, 0.5) is 11.4 Å². The lowest BCUT2D eigenvalue weighted by molar-refractivity contribution is 0.201. The van der Waals surface area contributed by atoms with Gasteiger partial charge in [-0.2, -0.15) is 0 Å². The number of rotatable bonds is 4. The minimum Gasteiger partial charge on any atom is -0.392 e. The number of likely N-dealkylation sites (N-methyl/N-ethyl adjacent to an activating group) is 1. The van der Waals surface area contributed by atoms with Gasteiger partial charge in [-0.05, 0) is 13.0 Å². The summed E-state index contributed by atoms with van der Waals surface area (Å²) in [5.74, 6) is 0. The van der Waals surface area contributed by atoms with Crippen LogP contribution in [0.2, 0.25) is 0 Å². The van der Waals surface area contributed by atoms with Crippen LogP contribution in [0.1, 0.15) is 6.92 Å². The van der Waals surface area contributed by atoms with Gasteiger partial charge in [-0.1, -0.05) is 0 Å². The van der Waals surface area contributed by atoms with E-state index in [-0.39, 0.29) is 6.10 Å². The van der Waals surface area contributed by atoms with Crippen molar-refractivity contribution in [3.8, 4) is 0 Å². The van der Waals surface area contributed by atoms with Crippen molar-refractivity contribution in [2.75, 3.05) is 30.9 Å². The van der Waals surface area contributed by atoms with Gasteiger partial charge < -0.3 is 15.3 Å². The van der Waals surface area contributed by atoms with E-state index in [1.165, 1.54) is 0 Å². The molecule has 0 amide bonds. The van der Waals surface area contributed by atoms with Crippen LogP contribution in [-0.2, 0) is 0 Å². The van der Waals surface area contributed by atoms with Crippen molar-refractivity contribution >= 4 is 11.4 Å². The van der Waals surface area contributed by atoms with Crippen LogP contribution in [-0.4, -0.2) is 36.8 Å². The molecule has 0 aliphatic rings. The Kier molecular flexibility index (Phi) is 3.71. The van der Waals surface area contributed by atoms with Gasteiger partial charge in [-0.3, -0.25) is 4.98 Å². The van der Waals surface area contributed by atoms with E-state index in [1.807, 2.05) is 25.1 Å². The molecule has 1 aromatic heterocycles. The highest BCUT2D eigenvalue weighted by atomic mass is 16.3. The Bertz CT molecular complexity index is 288. The van der Waals surface area contributed by atoms with Gasteiger partial charge in [0.2, 0.25) is 0 Å². The van der Waals surface area contributed by atoms with Crippen LogP contribution in [0.25, 0.3) is 0 Å². The van der Waals surface area contributed by atoms with E-state index in [4.69, 9.17) is 0 Å². The van der Waals surface area contributed by atoms with Crippen LogP contribution in [0.5, 0.6) is 0 Å². The molecule has 1 heterocycles. The fourth-order valence-corrected chi connectivity index (χ4v) is 1.28. The first kappa shape index (κ1) is 10.8. The summed E-state index contributed by atoms with van der Waals surface area (Å²) < 4.78 is 0. The van der Waals surface area contributed by atoms with Gasteiger partial charge in [0.05, 0.1) is 29.9 Å². The van der Waals surface area contributed by atoms with Gasteiger partial charge in [0, 0.05) is 20.6 Å². The standard InChI is InChI=1S/C10H17N3O/c1-8(14)7-13(3)10-4-9(11-2)5-12-6-10/h4-6,8,11,14H,7H2,1-3H3. The number of hydrogen-bond acceptors (Lipinski definition) is 4. The largest absolute Gasteiger partial charge is 0.392 e. The average Bonchev–Trinajstić information content (AvgIpc) is 2.17. The molecule has 1 atom stereocenters. The number of aromatic nitrogens is 1. The van der Waals surface area contributed by atoms with E-state index in [2.05, 4.69) is 10.3 Å². The number of hydrogen-bond donors (Lipinski definition) is 2. The molecule has 2 N–H and O–H groups in total. The second-order valence-electron chi connectivity index (χ2n) is 3.41. The molecule has 0 radical (unpaired) electrons. The third-order valence-electron chi connectivity index (χ3n) is 1.99. The van der Waals surface area contributed by atoms with Crippen molar-refractivity contribution in [1.82, 2.24) is 4.98 Å². The number of aliphatic hydroxyl groups is 1. The third-order valence-corrected chi connectivity index (χ3v) is 1.99. The van der Waals surface area contributed by atoms with Gasteiger partial charge in [-0.25, -0.2) is 0 Å². The van der Waals surface area contributed by atoms with Crippen molar-refractivity contribution in [1.29, 1.82) is 0 Å². The summed E-state index contributed by atoms with van der Waals surface area (Å²) in [5, 5.41) is 12.3. The molecule has 1 aromatic rings. The summed E-state index contributed by atoms with van der Waals surface area (Å²) in [6.07, 6.45) is 3.21. The van der Waals surface area contributed by atoms with Gasteiger partial charge in [0.15, 0.2) is 0 Å². The smallest absolute Gasteiger partial charge is 0.0686 e. The highest BCUT2D eigenvalue weighted by Gasteiger charge is 2.04. The Hall–Kier alpha value is -1.29. The Morgan fingerprint density at radius 2 is 2.29 bits per heavy atom. The molecule has 14 heavy (non-hydrogen) atoms. The van der Waals surface area contributed by atoms with Gasteiger partial charge >= 0.3 is 0 Å².